The van der Waals surface area contributed by atoms with Gasteiger partial charge in [0.05, 0.1) is 19.1 Å². The number of hydrogen-bond donors (Lipinski definition) is 3. The number of benzene rings is 1. The molecule has 3 aromatic rings. The molecule has 3 rings (SSSR count). The standard InChI is InChI=1S/C19H23N5O4/c1-3-4-8-28-18-22-15(20)14-16(23-18)24(19(27)21-14)10-12-6-5-7-13(9-12)11(2)17(25)26/h5-7,9,11H,3-4,8,10H2,1-2H3,(H,21,27)(H,25,26)(H2,20,22,23). The lowest BCUT2D eigenvalue weighted by Gasteiger charge is -2.10. The van der Waals surface area contributed by atoms with Crippen LogP contribution in [0.1, 0.15) is 43.7 Å². The minimum absolute atomic E-state index is 0.124. The van der Waals surface area contributed by atoms with Crippen molar-refractivity contribution in [3.8, 4) is 6.01 Å². The third-order valence-corrected chi connectivity index (χ3v) is 4.52. The number of nitrogens with zero attached hydrogens (tertiary/aromatic N) is 3. The van der Waals surface area contributed by atoms with Crippen molar-refractivity contribution in [3.05, 3.63) is 45.9 Å². The number of carboxylic acids is 1. The summed E-state index contributed by atoms with van der Waals surface area (Å²) >= 11 is 0. The highest BCUT2D eigenvalue weighted by Crippen LogP contribution is 2.20. The van der Waals surface area contributed by atoms with Gasteiger partial charge in [0.25, 0.3) is 0 Å². The molecule has 0 radical (unpaired) electrons. The summed E-state index contributed by atoms with van der Waals surface area (Å²) in [6, 6.07) is 7.24. The maximum Gasteiger partial charge on any atom is 0.328 e. The summed E-state index contributed by atoms with van der Waals surface area (Å²) in [5.74, 6) is -1.41. The number of unbranched alkanes of at least 4 members (excludes halogenated alkanes) is 1. The number of aromatic amines is 1. The Bertz CT molecular complexity index is 1060. The topological polar surface area (TPSA) is 136 Å². The number of H-pyrrole nitrogens is 1. The second kappa shape index (κ2) is 8.12. The number of fused-ring (bicyclic) bond motifs is 1. The van der Waals surface area contributed by atoms with Crippen LogP contribution in [-0.2, 0) is 11.3 Å². The predicted octanol–water partition coefficient (Wildman–Crippen LogP) is 2.12. The van der Waals surface area contributed by atoms with Crippen molar-refractivity contribution in [1.29, 1.82) is 0 Å². The van der Waals surface area contributed by atoms with Crippen LogP contribution < -0.4 is 16.2 Å². The predicted molar refractivity (Wildman–Crippen MR) is 105 cm³/mol. The van der Waals surface area contributed by atoms with Gasteiger partial charge in [-0.3, -0.25) is 9.36 Å². The molecular formula is C19H23N5O4. The quantitative estimate of drug-likeness (QED) is 0.505. The molecule has 0 bridgehead atoms. The van der Waals surface area contributed by atoms with Crippen LogP contribution >= 0.6 is 0 Å². The van der Waals surface area contributed by atoms with Gasteiger partial charge in [0, 0.05) is 0 Å². The summed E-state index contributed by atoms with van der Waals surface area (Å²) in [6.07, 6.45) is 1.83. The number of hydrogen-bond acceptors (Lipinski definition) is 6. The van der Waals surface area contributed by atoms with Crippen molar-refractivity contribution in [2.24, 2.45) is 0 Å². The average molecular weight is 385 g/mol. The van der Waals surface area contributed by atoms with Crippen molar-refractivity contribution in [1.82, 2.24) is 19.5 Å². The third-order valence-electron chi connectivity index (χ3n) is 4.52. The van der Waals surface area contributed by atoms with Crippen LogP contribution in [0.5, 0.6) is 6.01 Å². The maximum absolute atomic E-state index is 12.4. The van der Waals surface area contributed by atoms with E-state index in [2.05, 4.69) is 15.0 Å². The van der Waals surface area contributed by atoms with Gasteiger partial charge in [-0.15, -0.1) is 0 Å². The fraction of sp³-hybridized carbons (Fsp3) is 0.368. The Morgan fingerprint density at radius 1 is 1.39 bits per heavy atom. The minimum Gasteiger partial charge on any atom is -0.481 e. The number of nitrogens with two attached hydrogens (primary N) is 1. The summed E-state index contributed by atoms with van der Waals surface area (Å²) in [4.78, 5) is 34.8. The molecule has 0 aliphatic carbocycles. The molecular weight excluding hydrogens is 362 g/mol. The van der Waals surface area contributed by atoms with E-state index in [1.807, 2.05) is 13.0 Å². The lowest BCUT2D eigenvalue weighted by molar-refractivity contribution is -0.138. The number of nitrogens with one attached hydrogen (secondary N) is 1. The number of rotatable bonds is 8. The molecule has 0 aliphatic rings. The van der Waals surface area contributed by atoms with Gasteiger partial charge in [0.15, 0.2) is 11.5 Å². The molecule has 1 aromatic carbocycles. The fourth-order valence-corrected chi connectivity index (χ4v) is 2.84. The number of ether oxygens (including phenoxy) is 1. The molecule has 2 aromatic heterocycles. The van der Waals surface area contributed by atoms with E-state index in [9.17, 15) is 14.7 Å². The Morgan fingerprint density at radius 3 is 2.89 bits per heavy atom. The first-order valence-corrected chi connectivity index (χ1v) is 9.11. The largest absolute Gasteiger partial charge is 0.481 e. The Kier molecular flexibility index (Phi) is 5.62. The number of nitrogen functional groups attached to an aromatic ring is 1. The monoisotopic (exact) mass is 385 g/mol. The van der Waals surface area contributed by atoms with Gasteiger partial charge >= 0.3 is 17.7 Å². The van der Waals surface area contributed by atoms with Gasteiger partial charge in [-0.2, -0.15) is 9.97 Å². The number of carboxylic acid groups (broad SMARTS) is 1. The van der Waals surface area contributed by atoms with E-state index in [-0.39, 0.29) is 24.1 Å². The molecule has 9 heteroatoms. The summed E-state index contributed by atoms with van der Waals surface area (Å²) in [5.41, 5.74) is 7.72. The smallest absolute Gasteiger partial charge is 0.328 e. The van der Waals surface area contributed by atoms with Gasteiger partial charge in [-0.25, -0.2) is 4.79 Å². The van der Waals surface area contributed by atoms with Crippen LogP contribution in [0, 0.1) is 0 Å². The van der Waals surface area contributed by atoms with E-state index < -0.39 is 11.9 Å². The molecule has 1 unspecified atom stereocenters. The van der Waals surface area contributed by atoms with Crippen molar-refractivity contribution < 1.29 is 14.6 Å². The van der Waals surface area contributed by atoms with E-state index in [4.69, 9.17) is 10.5 Å². The second-order valence-corrected chi connectivity index (χ2v) is 6.61. The number of anilines is 1. The van der Waals surface area contributed by atoms with E-state index in [0.717, 1.165) is 18.4 Å². The molecule has 0 amide bonds. The average Bonchev–Trinajstić information content (AvgIpc) is 2.98. The Morgan fingerprint density at radius 2 is 2.18 bits per heavy atom. The first-order chi connectivity index (χ1) is 13.4. The number of imidazole rings is 1. The Labute approximate surface area is 161 Å². The highest BCUT2D eigenvalue weighted by Gasteiger charge is 2.17. The van der Waals surface area contributed by atoms with Crippen LogP contribution in [0.15, 0.2) is 29.1 Å². The number of aromatic nitrogens is 4. The highest BCUT2D eigenvalue weighted by molar-refractivity contribution is 5.82. The van der Waals surface area contributed by atoms with Crippen LogP contribution in [0.4, 0.5) is 5.82 Å². The molecule has 0 saturated heterocycles. The normalized spacial score (nSPS) is 12.2. The number of aliphatic carboxylic acids is 1. The van der Waals surface area contributed by atoms with E-state index in [0.29, 0.717) is 23.3 Å². The summed E-state index contributed by atoms with van der Waals surface area (Å²) in [5, 5.41) is 9.21. The van der Waals surface area contributed by atoms with Gasteiger partial charge in [-0.1, -0.05) is 37.6 Å². The number of carbonyl (C=O) groups is 1. The molecule has 2 heterocycles. The maximum atomic E-state index is 12.4. The summed E-state index contributed by atoms with van der Waals surface area (Å²) in [7, 11) is 0. The molecule has 28 heavy (non-hydrogen) atoms. The van der Waals surface area contributed by atoms with E-state index in [1.54, 1.807) is 25.1 Å². The van der Waals surface area contributed by atoms with E-state index in [1.165, 1.54) is 4.57 Å². The van der Waals surface area contributed by atoms with Crippen LogP contribution in [-0.4, -0.2) is 37.2 Å². The molecule has 0 fully saturated rings. The Hall–Kier alpha value is -3.36. The molecule has 9 nitrogen and oxygen atoms in total. The zero-order valence-corrected chi connectivity index (χ0v) is 15.8. The molecule has 0 aliphatic heterocycles. The van der Waals surface area contributed by atoms with Crippen LogP contribution in [0.3, 0.4) is 0 Å². The highest BCUT2D eigenvalue weighted by atomic mass is 16.5. The lowest BCUT2D eigenvalue weighted by atomic mass is 9.99. The molecule has 148 valence electrons. The van der Waals surface area contributed by atoms with Crippen LogP contribution in [0.2, 0.25) is 0 Å². The Balaban J connectivity index is 1.97. The molecule has 1 atom stereocenters. The van der Waals surface area contributed by atoms with Crippen molar-refractivity contribution in [3.63, 3.8) is 0 Å². The van der Waals surface area contributed by atoms with Gasteiger partial charge < -0.3 is 20.6 Å². The van der Waals surface area contributed by atoms with Crippen LogP contribution in [0.25, 0.3) is 11.2 Å². The van der Waals surface area contributed by atoms with E-state index >= 15 is 0 Å². The SMILES string of the molecule is CCCCOc1nc(N)c2[nH]c(=O)n(Cc3cccc(C(C)C(=O)O)c3)c2n1. The summed E-state index contributed by atoms with van der Waals surface area (Å²) in [6.45, 7) is 4.34. The first-order valence-electron chi connectivity index (χ1n) is 9.11. The minimum atomic E-state index is -0.907. The molecule has 0 spiro atoms. The fourth-order valence-electron chi connectivity index (χ4n) is 2.84. The third kappa shape index (κ3) is 3.98. The van der Waals surface area contributed by atoms with Gasteiger partial charge in [-0.05, 0) is 24.5 Å². The van der Waals surface area contributed by atoms with Gasteiger partial charge in [0.2, 0.25) is 0 Å². The van der Waals surface area contributed by atoms with Gasteiger partial charge in [0.1, 0.15) is 5.52 Å². The van der Waals surface area contributed by atoms with Crippen molar-refractivity contribution in [2.75, 3.05) is 12.3 Å². The van der Waals surface area contributed by atoms with Crippen molar-refractivity contribution >= 4 is 23.0 Å². The zero-order chi connectivity index (χ0) is 20.3. The zero-order valence-electron chi connectivity index (χ0n) is 15.8. The van der Waals surface area contributed by atoms with Crippen molar-refractivity contribution in [2.45, 2.75) is 39.2 Å². The first kappa shape index (κ1) is 19.4. The molecule has 0 saturated carbocycles. The molecule has 4 N–H and O–H groups in total. The lowest BCUT2D eigenvalue weighted by Crippen LogP contribution is -2.18. The summed E-state index contributed by atoms with van der Waals surface area (Å²) < 4.78 is 6.97. The second-order valence-electron chi connectivity index (χ2n) is 6.61.